The zero-order valence-corrected chi connectivity index (χ0v) is 10.4. The first-order chi connectivity index (χ1) is 8.54. The maximum absolute atomic E-state index is 13.2. The Hall–Kier alpha value is -2.09. The molecule has 0 heterocycles. The van der Waals surface area contributed by atoms with Crippen LogP contribution in [0.15, 0.2) is 18.2 Å². The van der Waals surface area contributed by atoms with Crippen LogP contribution in [0.1, 0.15) is 12.0 Å². The van der Waals surface area contributed by atoms with Crippen molar-refractivity contribution in [2.75, 3.05) is 20.2 Å². The Morgan fingerprint density at radius 1 is 1.56 bits per heavy atom. The van der Waals surface area contributed by atoms with Crippen LogP contribution < -0.4 is 4.74 Å². The highest BCUT2D eigenvalue weighted by Crippen LogP contribution is 2.15. The maximum Gasteiger partial charge on any atom is 0.260 e. The van der Waals surface area contributed by atoms with E-state index in [1.807, 2.05) is 6.07 Å². The largest absolute Gasteiger partial charge is 0.484 e. The summed E-state index contributed by atoms with van der Waals surface area (Å²) < 4.78 is 18.4. The minimum atomic E-state index is -0.363. The number of nitrogens with zero attached hydrogens (tertiary/aromatic N) is 2. The number of likely N-dealkylation sites (N-methyl/N-ethyl adjacent to an activating group) is 1. The summed E-state index contributed by atoms with van der Waals surface area (Å²) >= 11 is 0. The standard InChI is InChI=1S/C13H15FN2O2/c1-10-4-5-11(8-12(10)14)18-9-13(17)16(2)7-3-6-15/h4-5,8H,3,7,9H2,1-2H3. The number of halogens is 1. The topological polar surface area (TPSA) is 53.3 Å². The molecule has 5 heteroatoms. The number of rotatable bonds is 5. The highest BCUT2D eigenvalue weighted by atomic mass is 19.1. The molecule has 0 radical (unpaired) electrons. The first kappa shape index (κ1) is 14.0. The van der Waals surface area contributed by atoms with Crippen LogP contribution in [0.3, 0.4) is 0 Å². The third kappa shape index (κ3) is 4.06. The minimum Gasteiger partial charge on any atom is -0.484 e. The number of ether oxygens (including phenoxy) is 1. The number of amides is 1. The Bertz CT molecular complexity index is 469. The van der Waals surface area contributed by atoms with Gasteiger partial charge in [-0.3, -0.25) is 4.79 Å². The molecule has 0 aliphatic rings. The highest BCUT2D eigenvalue weighted by Gasteiger charge is 2.09. The molecule has 0 unspecified atom stereocenters. The monoisotopic (exact) mass is 250 g/mol. The number of benzene rings is 1. The molecule has 0 saturated heterocycles. The van der Waals surface area contributed by atoms with Crippen molar-refractivity contribution >= 4 is 5.91 Å². The molecule has 0 spiro atoms. The lowest BCUT2D eigenvalue weighted by atomic mass is 10.2. The fourth-order valence-corrected chi connectivity index (χ4v) is 1.26. The van der Waals surface area contributed by atoms with Gasteiger partial charge in [0.15, 0.2) is 6.61 Å². The molecule has 1 aromatic carbocycles. The normalized spacial score (nSPS) is 9.67. The van der Waals surface area contributed by atoms with Crippen LogP contribution in [0.4, 0.5) is 4.39 Å². The molecule has 0 aromatic heterocycles. The molecule has 0 saturated carbocycles. The molecule has 0 atom stereocenters. The van der Waals surface area contributed by atoms with Gasteiger partial charge in [0.1, 0.15) is 11.6 Å². The summed E-state index contributed by atoms with van der Waals surface area (Å²) in [5, 5.41) is 8.40. The van der Waals surface area contributed by atoms with Crippen molar-refractivity contribution in [3.63, 3.8) is 0 Å². The summed E-state index contributed by atoms with van der Waals surface area (Å²) in [4.78, 5) is 13.0. The second-order valence-electron chi connectivity index (χ2n) is 3.92. The van der Waals surface area contributed by atoms with Gasteiger partial charge in [-0.25, -0.2) is 4.39 Å². The molecule has 96 valence electrons. The van der Waals surface area contributed by atoms with Gasteiger partial charge in [-0.05, 0) is 18.6 Å². The predicted octanol–water partition coefficient (Wildman–Crippen LogP) is 1.89. The number of hydrogen-bond donors (Lipinski definition) is 0. The smallest absolute Gasteiger partial charge is 0.260 e. The van der Waals surface area contributed by atoms with Crippen LogP contribution in [0.25, 0.3) is 0 Å². The fourth-order valence-electron chi connectivity index (χ4n) is 1.26. The lowest BCUT2D eigenvalue weighted by Gasteiger charge is -2.15. The zero-order chi connectivity index (χ0) is 13.5. The van der Waals surface area contributed by atoms with Gasteiger partial charge in [-0.15, -0.1) is 0 Å². The third-order valence-electron chi connectivity index (χ3n) is 2.49. The minimum absolute atomic E-state index is 0.162. The molecule has 0 aliphatic heterocycles. The van der Waals surface area contributed by atoms with Crippen molar-refractivity contribution < 1.29 is 13.9 Å². The lowest BCUT2D eigenvalue weighted by molar-refractivity contribution is -0.131. The van der Waals surface area contributed by atoms with Gasteiger partial charge < -0.3 is 9.64 Å². The van der Waals surface area contributed by atoms with Gasteiger partial charge in [-0.2, -0.15) is 5.26 Å². The van der Waals surface area contributed by atoms with E-state index in [1.54, 1.807) is 26.1 Å². The van der Waals surface area contributed by atoms with Crippen LogP contribution in [0.2, 0.25) is 0 Å². The van der Waals surface area contributed by atoms with E-state index in [1.165, 1.54) is 11.0 Å². The van der Waals surface area contributed by atoms with E-state index in [0.29, 0.717) is 17.9 Å². The maximum atomic E-state index is 13.2. The number of aryl methyl sites for hydroxylation is 1. The van der Waals surface area contributed by atoms with Gasteiger partial charge >= 0.3 is 0 Å². The average molecular weight is 250 g/mol. The fraction of sp³-hybridized carbons (Fsp3) is 0.385. The van der Waals surface area contributed by atoms with Crippen molar-refractivity contribution in [2.45, 2.75) is 13.3 Å². The molecule has 1 amide bonds. The first-order valence-corrected chi connectivity index (χ1v) is 5.54. The van der Waals surface area contributed by atoms with Crippen molar-refractivity contribution in [2.24, 2.45) is 0 Å². The van der Waals surface area contributed by atoms with Crippen molar-refractivity contribution in [1.82, 2.24) is 4.90 Å². The van der Waals surface area contributed by atoms with E-state index in [9.17, 15) is 9.18 Å². The Labute approximate surface area is 106 Å². The van der Waals surface area contributed by atoms with Gasteiger partial charge in [0, 0.05) is 19.7 Å². The van der Waals surface area contributed by atoms with Crippen LogP contribution in [0, 0.1) is 24.1 Å². The number of carbonyl (C=O) groups excluding carboxylic acids is 1. The van der Waals surface area contributed by atoms with Crippen LogP contribution in [-0.2, 0) is 4.79 Å². The van der Waals surface area contributed by atoms with Gasteiger partial charge in [0.2, 0.25) is 0 Å². The predicted molar refractivity (Wildman–Crippen MR) is 64.5 cm³/mol. The Kier molecular flexibility index (Phi) is 5.12. The molecule has 1 rings (SSSR count). The Balaban J connectivity index is 2.47. The molecular weight excluding hydrogens is 235 g/mol. The van der Waals surface area contributed by atoms with E-state index >= 15 is 0 Å². The molecule has 0 bridgehead atoms. The molecule has 18 heavy (non-hydrogen) atoms. The SMILES string of the molecule is Cc1ccc(OCC(=O)N(C)CCC#N)cc1F. The second-order valence-corrected chi connectivity index (χ2v) is 3.92. The van der Waals surface area contributed by atoms with E-state index in [-0.39, 0.29) is 24.8 Å². The first-order valence-electron chi connectivity index (χ1n) is 5.54. The number of nitriles is 1. The molecule has 4 nitrogen and oxygen atoms in total. The van der Waals surface area contributed by atoms with E-state index in [0.717, 1.165) is 0 Å². The van der Waals surface area contributed by atoms with E-state index in [2.05, 4.69) is 0 Å². The summed E-state index contributed by atoms with van der Waals surface area (Å²) in [6, 6.07) is 6.41. The van der Waals surface area contributed by atoms with Crippen molar-refractivity contribution in [1.29, 1.82) is 5.26 Å². The number of carbonyl (C=O) groups is 1. The van der Waals surface area contributed by atoms with Gasteiger partial charge in [-0.1, -0.05) is 6.07 Å². The average Bonchev–Trinajstić information content (AvgIpc) is 2.36. The third-order valence-corrected chi connectivity index (χ3v) is 2.49. The van der Waals surface area contributed by atoms with Crippen molar-refractivity contribution in [3.05, 3.63) is 29.6 Å². The summed E-state index contributed by atoms with van der Waals surface area (Å²) in [5.41, 5.74) is 0.528. The summed E-state index contributed by atoms with van der Waals surface area (Å²) in [6.07, 6.45) is 0.279. The Morgan fingerprint density at radius 2 is 2.28 bits per heavy atom. The zero-order valence-electron chi connectivity index (χ0n) is 10.4. The number of hydrogen-bond acceptors (Lipinski definition) is 3. The lowest BCUT2D eigenvalue weighted by Crippen LogP contribution is -2.32. The molecule has 0 N–H and O–H groups in total. The quantitative estimate of drug-likeness (QED) is 0.801. The van der Waals surface area contributed by atoms with Gasteiger partial charge in [0.05, 0.1) is 12.5 Å². The summed E-state index contributed by atoms with van der Waals surface area (Å²) in [6.45, 7) is 1.85. The molecule has 0 fully saturated rings. The Morgan fingerprint density at radius 3 is 2.89 bits per heavy atom. The second kappa shape index (κ2) is 6.60. The highest BCUT2D eigenvalue weighted by molar-refractivity contribution is 5.77. The van der Waals surface area contributed by atoms with E-state index < -0.39 is 0 Å². The van der Waals surface area contributed by atoms with Crippen LogP contribution in [-0.4, -0.2) is 31.0 Å². The summed E-state index contributed by atoms with van der Waals surface area (Å²) in [5.74, 6) is -0.288. The molecule has 0 aliphatic carbocycles. The molecular formula is C13H15FN2O2. The van der Waals surface area contributed by atoms with E-state index in [4.69, 9.17) is 10.00 Å². The van der Waals surface area contributed by atoms with Crippen molar-refractivity contribution in [3.8, 4) is 11.8 Å². The van der Waals surface area contributed by atoms with Gasteiger partial charge in [0.25, 0.3) is 5.91 Å². The van der Waals surface area contributed by atoms with Crippen LogP contribution in [0.5, 0.6) is 5.75 Å². The molecule has 1 aromatic rings. The summed E-state index contributed by atoms with van der Waals surface area (Å²) in [7, 11) is 1.60. The van der Waals surface area contributed by atoms with Crippen LogP contribution >= 0.6 is 0 Å².